The number of hydrogen-bond acceptors (Lipinski definition) is 2. The van der Waals surface area contributed by atoms with E-state index in [0.717, 1.165) is 12.8 Å². The standard InChI is InChI=1S/C12H17FN2/c13-11-8-9-14-12(15-11)10-6-4-2-1-3-5-7-10/h8-10H,1-7H2. The second-order valence-electron chi connectivity index (χ2n) is 4.28. The van der Waals surface area contributed by atoms with Crippen LogP contribution in [0.4, 0.5) is 4.39 Å². The fourth-order valence-electron chi connectivity index (χ4n) is 2.26. The van der Waals surface area contributed by atoms with Crippen LogP contribution in [0, 0.1) is 5.95 Å². The predicted octanol–water partition coefficient (Wildman–Crippen LogP) is 3.44. The van der Waals surface area contributed by atoms with E-state index in [-0.39, 0.29) is 0 Å². The number of nitrogens with zero attached hydrogens (tertiary/aromatic N) is 2. The van der Waals surface area contributed by atoms with Crippen molar-refractivity contribution >= 4 is 0 Å². The lowest BCUT2D eigenvalue weighted by Crippen LogP contribution is -2.07. The molecule has 1 heterocycles. The van der Waals surface area contributed by atoms with Crippen LogP contribution in [0.5, 0.6) is 0 Å². The normalized spacial score (nSPS) is 19.5. The first-order valence-corrected chi connectivity index (χ1v) is 5.85. The molecule has 0 amide bonds. The molecule has 0 spiro atoms. The van der Waals surface area contributed by atoms with Crippen LogP contribution in [0.15, 0.2) is 12.3 Å². The Labute approximate surface area is 89.9 Å². The molecule has 0 bridgehead atoms. The van der Waals surface area contributed by atoms with Crippen LogP contribution >= 0.6 is 0 Å². The maximum atomic E-state index is 13.0. The fraction of sp³-hybridized carbons (Fsp3) is 0.667. The summed E-state index contributed by atoms with van der Waals surface area (Å²) in [5, 5.41) is 0. The van der Waals surface area contributed by atoms with E-state index in [2.05, 4.69) is 9.97 Å². The predicted molar refractivity (Wildman–Crippen MR) is 57.1 cm³/mol. The second-order valence-corrected chi connectivity index (χ2v) is 4.28. The Morgan fingerprint density at radius 3 is 2.40 bits per heavy atom. The maximum absolute atomic E-state index is 13.0. The molecule has 0 saturated heterocycles. The van der Waals surface area contributed by atoms with Crippen molar-refractivity contribution in [2.45, 2.75) is 50.9 Å². The van der Waals surface area contributed by atoms with Gasteiger partial charge in [0.15, 0.2) is 0 Å². The molecule has 2 nitrogen and oxygen atoms in total. The first-order chi connectivity index (χ1) is 7.36. The Hall–Kier alpha value is -0.990. The van der Waals surface area contributed by atoms with Crippen LogP contribution in [0.1, 0.15) is 56.7 Å². The van der Waals surface area contributed by atoms with Gasteiger partial charge in [-0.2, -0.15) is 4.39 Å². The van der Waals surface area contributed by atoms with Crippen molar-refractivity contribution in [3.8, 4) is 0 Å². The molecule has 1 aromatic heterocycles. The van der Waals surface area contributed by atoms with Crippen molar-refractivity contribution in [2.75, 3.05) is 0 Å². The lowest BCUT2D eigenvalue weighted by Gasteiger charge is -2.17. The van der Waals surface area contributed by atoms with Gasteiger partial charge in [-0.25, -0.2) is 9.97 Å². The topological polar surface area (TPSA) is 25.8 Å². The van der Waals surface area contributed by atoms with Crippen molar-refractivity contribution in [3.05, 3.63) is 24.0 Å². The van der Waals surface area contributed by atoms with E-state index in [1.54, 1.807) is 0 Å². The number of rotatable bonds is 1. The third-order valence-corrected chi connectivity index (χ3v) is 3.11. The molecule has 0 aromatic carbocycles. The lowest BCUT2D eigenvalue weighted by atomic mass is 9.90. The first kappa shape index (κ1) is 10.5. The fourth-order valence-corrected chi connectivity index (χ4v) is 2.26. The zero-order chi connectivity index (χ0) is 10.5. The highest BCUT2D eigenvalue weighted by Crippen LogP contribution is 2.28. The van der Waals surface area contributed by atoms with Crippen molar-refractivity contribution in [1.29, 1.82) is 0 Å². The summed E-state index contributed by atoms with van der Waals surface area (Å²) >= 11 is 0. The highest BCUT2D eigenvalue weighted by Gasteiger charge is 2.16. The molecule has 1 fully saturated rings. The summed E-state index contributed by atoms with van der Waals surface area (Å²) in [5.41, 5.74) is 0. The summed E-state index contributed by atoms with van der Waals surface area (Å²) in [7, 11) is 0. The van der Waals surface area contributed by atoms with Crippen LogP contribution in [-0.2, 0) is 0 Å². The van der Waals surface area contributed by atoms with Crippen molar-refractivity contribution in [2.24, 2.45) is 0 Å². The van der Waals surface area contributed by atoms with Gasteiger partial charge < -0.3 is 0 Å². The van der Waals surface area contributed by atoms with Gasteiger partial charge in [-0.3, -0.25) is 0 Å². The molecule has 82 valence electrons. The van der Waals surface area contributed by atoms with Crippen LogP contribution < -0.4 is 0 Å². The highest BCUT2D eigenvalue weighted by molar-refractivity contribution is 4.98. The molecule has 1 aromatic rings. The highest BCUT2D eigenvalue weighted by atomic mass is 19.1. The molecule has 2 rings (SSSR count). The van der Waals surface area contributed by atoms with E-state index in [1.807, 2.05) is 0 Å². The van der Waals surface area contributed by atoms with Crippen molar-refractivity contribution in [3.63, 3.8) is 0 Å². The van der Waals surface area contributed by atoms with E-state index in [1.165, 1.54) is 44.4 Å². The van der Waals surface area contributed by atoms with Gasteiger partial charge in [-0.1, -0.05) is 32.1 Å². The summed E-state index contributed by atoms with van der Waals surface area (Å²) in [4.78, 5) is 8.08. The molecule has 0 radical (unpaired) electrons. The zero-order valence-electron chi connectivity index (χ0n) is 8.95. The van der Waals surface area contributed by atoms with Gasteiger partial charge in [0.2, 0.25) is 5.95 Å². The van der Waals surface area contributed by atoms with Gasteiger partial charge in [0.25, 0.3) is 0 Å². The van der Waals surface area contributed by atoms with E-state index in [0.29, 0.717) is 11.7 Å². The molecule has 0 N–H and O–H groups in total. The quantitative estimate of drug-likeness (QED) is 0.661. The molecule has 3 heteroatoms. The summed E-state index contributed by atoms with van der Waals surface area (Å²) in [5.74, 6) is 0.681. The number of halogens is 1. The summed E-state index contributed by atoms with van der Waals surface area (Å²) in [6, 6.07) is 1.31. The third kappa shape index (κ3) is 2.98. The van der Waals surface area contributed by atoms with Gasteiger partial charge in [0.05, 0.1) is 0 Å². The van der Waals surface area contributed by atoms with E-state index in [4.69, 9.17) is 0 Å². The number of hydrogen-bond donors (Lipinski definition) is 0. The minimum absolute atomic E-state index is 0.376. The average Bonchev–Trinajstić information content (AvgIpc) is 2.16. The minimum atomic E-state index is -0.401. The molecular formula is C12H17FN2. The van der Waals surface area contributed by atoms with Crippen LogP contribution in [-0.4, -0.2) is 9.97 Å². The molecule has 1 aliphatic carbocycles. The maximum Gasteiger partial charge on any atom is 0.216 e. The van der Waals surface area contributed by atoms with E-state index >= 15 is 0 Å². The molecule has 1 aliphatic rings. The Bertz CT molecular complexity index is 306. The van der Waals surface area contributed by atoms with Crippen molar-refractivity contribution < 1.29 is 4.39 Å². The van der Waals surface area contributed by atoms with Crippen LogP contribution in [0.2, 0.25) is 0 Å². The smallest absolute Gasteiger partial charge is 0.216 e. The van der Waals surface area contributed by atoms with Crippen molar-refractivity contribution in [1.82, 2.24) is 9.97 Å². The molecule has 0 aliphatic heterocycles. The van der Waals surface area contributed by atoms with Gasteiger partial charge in [0, 0.05) is 18.2 Å². The summed E-state index contributed by atoms with van der Waals surface area (Å²) in [6.07, 6.45) is 10.1. The Morgan fingerprint density at radius 2 is 1.73 bits per heavy atom. The lowest BCUT2D eigenvalue weighted by molar-refractivity contribution is 0.435. The SMILES string of the molecule is Fc1ccnc(C2CCCCCCC2)n1. The van der Waals surface area contributed by atoms with Gasteiger partial charge >= 0.3 is 0 Å². The average molecular weight is 208 g/mol. The molecule has 15 heavy (non-hydrogen) atoms. The summed E-state index contributed by atoms with van der Waals surface area (Å²) < 4.78 is 13.0. The molecule has 1 saturated carbocycles. The molecular weight excluding hydrogens is 191 g/mol. The monoisotopic (exact) mass is 208 g/mol. The molecule has 0 unspecified atom stereocenters. The van der Waals surface area contributed by atoms with E-state index in [9.17, 15) is 4.39 Å². The van der Waals surface area contributed by atoms with Crippen LogP contribution in [0.3, 0.4) is 0 Å². The van der Waals surface area contributed by atoms with Gasteiger partial charge in [-0.05, 0) is 12.8 Å². The largest absolute Gasteiger partial charge is 0.241 e. The summed E-state index contributed by atoms with van der Waals surface area (Å²) in [6.45, 7) is 0. The second kappa shape index (κ2) is 5.19. The first-order valence-electron chi connectivity index (χ1n) is 5.85. The molecule has 0 atom stereocenters. The van der Waals surface area contributed by atoms with Crippen LogP contribution in [0.25, 0.3) is 0 Å². The van der Waals surface area contributed by atoms with Gasteiger partial charge in [-0.15, -0.1) is 0 Å². The minimum Gasteiger partial charge on any atom is -0.241 e. The van der Waals surface area contributed by atoms with E-state index < -0.39 is 5.95 Å². The van der Waals surface area contributed by atoms with Gasteiger partial charge in [0.1, 0.15) is 5.82 Å². The number of aromatic nitrogens is 2. The third-order valence-electron chi connectivity index (χ3n) is 3.11. The Balaban J connectivity index is 2.06. The Morgan fingerprint density at radius 1 is 1.07 bits per heavy atom. The Kier molecular flexibility index (Phi) is 3.64. The zero-order valence-corrected chi connectivity index (χ0v) is 8.95.